The molecule has 1 atom stereocenters. The van der Waals surface area contributed by atoms with Crippen LogP contribution in [0.25, 0.3) is 11.1 Å². The molecule has 8 nitrogen and oxygen atoms in total. The number of aryl methyl sites for hydroxylation is 3. The van der Waals surface area contributed by atoms with Gasteiger partial charge in [0.15, 0.2) is 0 Å². The average Bonchev–Trinajstić information content (AvgIpc) is 3.25. The summed E-state index contributed by atoms with van der Waals surface area (Å²) in [5.41, 5.74) is 5.08. The summed E-state index contributed by atoms with van der Waals surface area (Å²) in [5, 5.41) is 16.9. The molecule has 152 valence electrons. The summed E-state index contributed by atoms with van der Waals surface area (Å²) in [4.78, 5) is 25.3. The maximum absolute atomic E-state index is 12.8. The summed E-state index contributed by atoms with van der Waals surface area (Å²) in [6.45, 7) is 7.71. The smallest absolute Gasteiger partial charge is 0.270 e. The molecule has 8 heteroatoms. The number of rotatable bonds is 6. The van der Waals surface area contributed by atoms with Crippen molar-refractivity contribution in [3.05, 3.63) is 53.6 Å². The number of H-pyrrole nitrogens is 1. The first kappa shape index (κ1) is 20.3. The Morgan fingerprint density at radius 3 is 2.31 bits per heavy atom. The van der Waals surface area contributed by atoms with Crippen molar-refractivity contribution in [2.45, 2.75) is 33.7 Å². The lowest BCUT2D eigenvalue weighted by Gasteiger charge is -2.21. The van der Waals surface area contributed by atoms with Crippen molar-refractivity contribution in [2.24, 2.45) is 13.0 Å². The van der Waals surface area contributed by atoms with Gasteiger partial charge in [-0.15, -0.1) is 0 Å². The summed E-state index contributed by atoms with van der Waals surface area (Å²) in [7, 11) is 1.68. The van der Waals surface area contributed by atoms with Gasteiger partial charge in [0.25, 0.3) is 5.91 Å². The number of aromatic nitrogens is 4. The van der Waals surface area contributed by atoms with E-state index >= 15 is 0 Å². The molecule has 2 amide bonds. The number of hydrogen-bond acceptors (Lipinski definition) is 4. The zero-order chi connectivity index (χ0) is 21.1. The number of benzene rings is 1. The van der Waals surface area contributed by atoms with Crippen LogP contribution in [0.15, 0.2) is 36.5 Å². The van der Waals surface area contributed by atoms with Crippen LogP contribution in [0, 0.1) is 19.8 Å². The van der Waals surface area contributed by atoms with E-state index in [4.69, 9.17) is 0 Å². The quantitative estimate of drug-likeness (QED) is 0.598. The van der Waals surface area contributed by atoms with Crippen LogP contribution in [0.3, 0.4) is 0 Å². The largest absolute Gasteiger partial charge is 0.339 e. The lowest BCUT2D eigenvalue weighted by molar-refractivity contribution is -0.118. The monoisotopic (exact) mass is 394 g/mol. The number of hydrogen-bond donors (Lipinski definition) is 3. The van der Waals surface area contributed by atoms with E-state index < -0.39 is 6.04 Å². The van der Waals surface area contributed by atoms with Gasteiger partial charge >= 0.3 is 0 Å². The van der Waals surface area contributed by atoms with Gasteiger partial charge in [-0.25, -0.2) is 0 Å². The third kappa shape index (κ3) is 4.37. The summed E-state index contributed by atoms with van der Waals surface area (Å²) < 4.78 is 1.48. The molecular formula is C21H26N6O2. The fourth-order valence-electron chi connectivity index (χ4n) is 3.26. The van der Waals surface area contributed by atoms with Gasteiger partial charge in [-0.2, -0.15) is 10.2 Å². The number of amides is 2. The molecule has 3 rings (SSSR count). The maximum Gasteiger partial charge on any atom is 0.270 e. The molecule has 0 bridgehead atoms. The van der Waals surface area contributed by atoms with Gasteiger partial charge in [0.2, 0.25) is 5.91 Å². The van der Waals surface area contributed by atoms with Gasteiger partial charge in [-0.05, 0) is 43.5 Å². The predicted octanol–water partition coefficient (Wildman–Crippen LogP) is 2.82. The van der Waals surface area contributed by atoms with Gasteiger partial charge in [-0.1, -0.05) is 26.0 Å². The van der Waals surface area contributed by atoms with Crippen LogP contribution in [0.4, 0.5) is 5.69 Å². The maximum atomic E-state index is 12.8. The molecule has 2 heterocycles. The van der Waals surface area contributed by atoms with Gasteiger partial charge in [0.05, 0.1) is 5.69 Å². The molecule has 0 aliphatic heterocycles. The molecule has 29 heavy (non-hydrogen) atoms. The molecule has 3 aromatic rings. The molecule has 0 aliphatic rings. The minimum Gasteiger partial charge on any atom is -0.339 e. The molecule has 0 unspecified atom stereocenters. The van der Waals surface area contributed by atoms with E-state index in [0.29, 0.717) is 11.4 Å². The van der Waals surface area contributed by atoms with Crippen LogP contribution >= 0.6 is 0 Å². The molecule has 0 radical (unpaired) electrons. The Kier molecular flexibility index (Phi) is 5.81. The van der Waals surface area contributed by atoms with Crippen LogP contribution in [0.1, 0.15) is 35.7 Å². The van der Waals surface area contributed by atoms with E-state index in [0.717, 1.165) is 22.5 Å². The van der Waals surface area contributed by atoms with Crippen molar-refractivity contribution < 1.29 is 9.59 Å². The molecular weight excluding hydrogens is 368 g/mol. The van der Waals surface area contributed by atoms with Crippen molar-refractivity contribution in [1.29, 1.82) is 0 Å². The molecule has 2 aromatic heterocycles. The molecule has 0 spiro atoms. The highest BCUT2D eigenvalue weighted by atomic mass is 16.2. The fourth-order valence-corrected chi connectivity index (χ4v) is 3.26. The Bertz CT molecular complexity index is 997. The fraction of sp³-hybridized carbons (Fsp3) is 0.333. The number of nitrogens with zero attached hydrogens (tertiary/aromatic N) is 3. The van der Waals surface area contributed by atoms with Crippen LogP contribution in [-0.4, -0.2) is 37.8 Å². The highest BCUT2D eigenvalue weighted by Crippen LogP contribution is 2.26. The number of carbonyl (C=O) groups is 2. The molecule has 3 N–H and O–H groups in total. The van der Waals surface area contributed by atoms with Crippen molar-refractivity contribution in [3.8, 4) is 11.1 Å². The number of nitrogens with one attached hydrogen (secondary N) is 3. The second-order valence-corrected chi connectivity index (χ2v) is 7.41. The second-order valence-electron chi connectivity index (χ2n) is 7.41. The van der Waals surface area contributed by atoms with E-state index in [1.165, 1.54) is 4.68 Å². The minimum absolute atomic E-state index is 0.0809. The van der Waals surface area contributed by atoms with Crippen molar-refractivity contribution >= 4 is 17.5 Å². The Balaban J connectivity index is 1.71. The highest BCUT2D eigenvalue weighted by molar-refractivity contribution is 6.00. The van der Waals surface area contributed by atoms with Crippen molar-refractivity contribution in [2.75, 3.05) is 5.32 Å². The molecule has 0 saturated carbocycles. The summed E-state index contributed by atoms with van der Waals surface area (Å²) >= 11 is 0. The number of aromatic amines is 1. The third-order valence-corrected chi connectivity index (χ3v) is 4.86. The first-order valence-electron chi connectivity index (χ1n) is 9.49. The van der Waals surface area contributed by atoms with Gasteiger partial charge < -0.3 is 10.6 Å². The van der Waals surface area contributed by atoms with Crippen LogP contribution in [0.2, 0.25) is 0 Å². The third-order valence-electron chi connectivity index (χ3n) is 4.86. The van der Waals surface area contributed by atoms with Gasteiger partial charge in [-0.3, -0.25) is 19.4 Å². The Morgan fingerprint density at radius 1 is 1.10 bits per heavy atom. The second kappa shape index (κ2) is 8.30. The Morgan fingerprint density at radius 2 is 1.79 bits per heavy atom. The van der Waals surface area contributed by atoms with E-state index in [1.54, 1.807) is 19.3 Å². The van der Waals surface area contributed by atoms with Crippen LogP contribution < -0.4 is 10.6 Å². The lowest BCUT2D eigenvalue weighted by Crippen LogP contribution is -2.47. The summed E-state index contributed by atoms with van der Waals surface area (Å²) in [6.07, 6.45) is 1.55. The van der Waals surface area contributed by atoms with E-state index in [9.17, 15) is 9.59 Å². The Hall–Kier alpha value is -3.42. The molecule has 0 aliphatic carbocycles. The zero-order valence-electron chi connectivity index (χ0n) is 17.3. The molecule has 1 aromatic carbocycles. The van der Waals surface area contributed by atoms with E-state index in [-0.39, 0.29) is 17.7 Å². The standard InChI is InChI=1S/C21H26N6O2/c1-12(2)19(24-20(28)17-10-11-22-27(17)5)21(29)23-16-8-6-15(7-9-16)18-13(3)25-26-14(18)4/h6-12,19H,1-5H3,(H,23,29)(H,24,28)(H,25,26)/t19-/m0/s1. The zero-order valence-corrected chi connectivity index (χ0v) is 17.3. The number of anilines is 1. The Labute approximate surface area is 169 Å². The molecule has 0 saturated heterocycles. The first-order chi connectivity index (χ1) is 13.8. The van der Waals surface area contributed by atoms with E-state index in [2.05, 4.69) is 25.9 Å². The SMILES string of the molecule is Cc1n[nH]c(C)c1-c1ccc(NC(=O)[C@@H](NC(=O)c2ccnn2C)C(C)C)cc1. The normalized spacial score (nSPS) is 12.1. The first-order valence-corrected chi connectivity index (χ1v) is 9.49. The lowest BCUT2D eigenvalue weighted by atomic mass is 10.0. The topological polar surface area (TPSA) is 105 Å². The van der Waals surface area contributed by atoms with Crippen molar-refractivity contribution in [3.63, 3.8) is 0 Å². The predicted molar refractivity (Wildman–Crippen MR) is 111 cm³/mol. The van der Waals surface area contributed by atoms with Gasteiger partial charge in [0, 0.05) is 30.2 Å². The summed E-state index contributed by atoms with van der Waals surface area (Å²) in [5.74, 6) is -0.679. The minimum atomic E-state index is -0.671. The van der Waals surface area contributed by atoms with Crippen molar-refractivity contribution in [1.82, 2.24) is 25.3 Å². The van der Waals surface area contributed by atoms with Crippen LogP contribution in [-0.2, 0) is 11.8 Å². The number of carbonyl (C=O) groups excluding carboxylic acids is 2. The average molecular weight is 394 g/mol. The van der Waals surface area contributed by atoms with E-state index in [1.807, 2.05) is 52.0 Å². The van der Waals surface area contributed by atoms with Gasteiger partial charge in [0.1, 0.15) is 11.7 Å². The highest BCUT2D eigenvalue weighted by Gasteiger charge is 2.25. The summed E-state index contributed by atoms with van der Waals surface area (Å²) in [6, 6.07) is 8.52. The molecule has 0 fully saturated rings. The van der Waals surface area contributed by atoms with Crippen LogP contribution in [0.5, 0.6) is 0 Å².